The van der Waals surface area contributed by atoms with Gasteiger partial charge in [-0.1, -0.05) is 36.4 Å². The van der Waals surface area contributed by atoms with Gasteiger partial charge in [0.25, 0.3) is 11.8 Å². The Morgan fingerprint density at radius 2 is 1.59 bits per heavy atom. The molecule has 34 heavy (non-hydrogen) atoms. The summed E-state index contributed by atoms with van der Waals surface area (Å²) in [5.74, 6) is 0.321. The van der Waals surface area contributed by atoms with Crippen molar-refractivity contribution < 1.29 is 14.3 Å². The van der Waals surface area contributed by atoms with Gasteiger partial charge in [0, 0.05) is 36.3 Å². The number of hydrogen-bond donors (Lipinski definition) is 2. The average Bonchev–Trinajstić information content (AvgIpc) is 2.86. The number of anilines is 1. The zero-order chi connectivity index (χ0) is 24.3. The van der Waals surface area contributed by atoms with Crippen molar-refractivity contribution in [3.8, 4) is 5.75 Å². The molecule has 2 N–H and O–H groups in total. The van der Waals surface area contributed by atoms with Crippen LogP contribution in [0, 0.1) is 0 Å². The second kappa shape index (κ2) is 12.5. The molecular formula is C27H29N3O3S. The van der Waals surface area contributed by atoms with Crippen LogP contribution in [0.3, 0.4) is 0 Å². The summed E-state index contributed by atoms with van der Waals surface area (Å²) in [6, 6.07) is 24.1. The average molecular weight is 476 g/mol. The van der Waals surface area contributed by atoms with Crippen LogP contribution in [0.5, 0.6) is 5.75 Å². The highest BCUT2D eigenvalue weighted by Gasteiger charge is 2.13. The molecule has 6 nitrogen and oxygen atoms in total. The Bertz CT molecular complexity index is 1110. The summed E-state index contributed by atoms with van der Waals surface area (Å²) >= 11 is 5.28. The minimum Gasteiger partial charge on any atom is -0.493 e. The molecule has 0 aromatic heterocycles. The summed E-state index contributed by atoms with van der Waals surface area (Å²) in [7, 11) is 0. The molecule has 0 bridgehead atoms. The van der Waals surface area contributed by atoms with Crippen molar-refractivity contribution >= 4 is 34.8 Å². The van der Waals surface area contributed by atoms with Crippen LogP contribution in [0.25, 0.3) is 0 Å². The van der Waals surface area contributed by atoms with Crippen LogP contribution >= 0.6 is 12.2 Å². The number of nitrogens with zero attached hydrogens (tertiary/aromatic N) is 1. The fourth-order valence-electron chi connectivity index (χ4n) is 3.39. The standard InChI is InChI=1S/C27H29N3O3S/c1-3-30(4-2)26(32)22-11-8-12-23(19-22)28-27(34)29-25(31)21-13-15-24(16-14-21)33-18-17-20-9-6-5-7-10-20/h5-16,19H,3-4,17-18H2,1-2H3,(H2,28,29,31,34). The first kappa shape index (κ1) is 24.9. The summed E-state index contributed by atoms with van der Waals surface area (Å²) in [6.07, 6.45) is 0.810. The third kappa shape index (κ3) is 7.15. The van der Waals surface area contributed by atoms with Crippen LogP contribution in [0.4, 0.5) is 5.69 Å². The Balaban J connectivity index is 1.51. The number of thiocarbonyl (C=S) groups is 1. The molecule has 0 aliphatic heterocycles. The van der Waals surface area contributed by atoms with E-state index < -0.39 is 0 Å². The van der Waals surface area contributed by atoms with Crippen molar-refractivity contribution in [2.45, 2.75) is 20.3 Å². The van der Waals surface area contributed by atoms with Crippen molar-refractivity contribution in [3.63, 3.8) is 0 Å². The molecule has 0 aliphatic rings. The number of amides is 2. The first-order chi connectivity index (χ1) is 16.5. The minimum absolute atomic E-state index is 0.0466. The highest BCUT2D eigenvalue weighted by molar-refractivity contribution is 7.80. The van der Waals surface area contributed by atoms with Crippen LogP contribution in [0.1, 0.15) is 40.1 Å². The maximum Gasteiger partial charge on any atom is 0.257 e. The number of hydrogen-bond acceptors (Lipinski definition) is 4. The van der Waals surface area contributed by atoms with Gasteiger partial charge in [-0.05, 0) is 74.1 Å². The van der Waals surface area contributed by atoms with Gasteiger partial charge >= 0.3 is 0 Å². The van der Waals surface area contributed by atoms with Crippen LogP contribution < -0.4 is 15.4 Å². The van der Waals surface area contributed by atoms with E-state index in [1.807, 2.05) is 32.0 Å². The summed E-state index contributed by atoms with van der Waals surface area (Å²) in [5.41, 5.74) is 2.86. The third-order valence-corrected chi connectivity index (χ3v) is 5.47. The van der Waals surface area contributed by atoms with E-state index >= 15 is 0 Å². The maximum atomic E-state index is 12.6. The lowest BCUT2D eigenvalue weighted by Crippen LogP contribution is -2.34. The van der Waals surface area contributed by atoms with Crippen molar-refractivity contribution in [3.05, 3.63) is 95.6 Å². The van der Waals surface area contributed by atoms with Gasteiger partial charge < -0.3 is 15.0 Å². The molecule has 7 heteroatoms. The number of carbonyl (C=O) groups is 2. The predicted molar refractivity (Wildman–Crippen MR) is 139 cm³/mol. The Hall–Kier alpha value is -3.71. The van der Waals surface area contributed by atoms with E-state index in [0.29, 0.717) is 42.3 Å². The zero-order valence-corrected chi connectivity index (χ0v) is 20.2. The SMILES string of the molecule is CCN(CC)C(=O)c1cccc(NC(=S)NC(=O)c2ccc(OCCc3ccccc3)cc2)c1. The largest absolute Gasteiger partial charge is 0.493 e. The normalized spacial score (nSPS) is 10.3. The van der Waals surface area contributed by atoms with Crippen LogP contribution in [-0.2, 0) is 6.42 Å². The Morgan fingerprint density at radius 3 is 2.26 bits per heavy atom. The summed E-state index contributed by atoms with van der Waals surface area (Å²) < 4.78 is 5.77. The Morgan fingerprint density at radius 1 is 0.882 bits per heavy atom. The molecule has 176 valence electrons. The second-order valence-corrected chi connectivity index (χ2v) is 7.98. The monoisotopic (exact) mass is 475 g/mol. The van der Waals surface area contributed by atoms with Crippen molar-refractivity contribution in [2.75, 3.05) is 25.0 Å². The second-order valence-electron chi connectivity index (χ2n) is 7.57. The maximum absolute atomic E-state index is 12.6. The number of ether oxygens (including phenoxy) is 1. The number of carbonyl (C=O) groups excluding carboxylic acids is 2. The van der Waals surface area contributed by atoms with Crippen LogP contribution in [-0.4, -0.2) is 41.5 Å². The van der Waals surface area contributed by atoms with Crippen LogP contribution in [0.2, 0.25) is 0 Å². The van der Waals surface area contributed by atoms with Gasteiger partial charge in [-0.25, -0.2) is 0 Å². The molecule has 3 rings (SSSR count). The van der Waals surface area contributed by atoms with Gasteiger partial charge in [-0.2, -0.15) is 0 Å². The van der Waals surface area contributed by atoms with Crippen molar-refractivity contribution in [1.29, 1.82) is 0 Å². The van der Waals surface area contributed by atoms with E-state index in [1.165, 1.54) is 5.56 Å². The summed E-state index contributed by atoms with van der Waals surface area (Å²) in [4.78, 5) is 26.9. The molecule has 0 saturated heterocycles. The fraction of sp³-hybridized carbons (Fsp3) is 0.222. The summed E-state index contributed by atoms with van der Waals surface area (Å²) in [6.45, 7) is 5.71. The van der Waals surface area contributed by atoms with E-state index in [4.69, 9.17) is 17.0 Å². The lowest BCUT2D eigenvalue weighted by Gasteiger charge is -2.19. The first-order valence-electron chi connectivity index (χ1n) is 11.3. The van der Waals surface area contributed by atoms with E-state index in [9.17, 15) is 9.59 Å². The molecule has 0 spiro atoms. The number of benzene rings is 3. The van der Waals surface area contributed by atoms with Gasteiger partial charge in [-0.3, -0.25) is 14.9 Å². The Kier molecular flexibility index (Phi) is 9.17. The molecule has 3 aromatic rings. The zero-order valence-electron chi connectivity index (χ0n) is 19.4. The van der Waals surface area contributed by atoms with E-state index in [1.54, 1.807) is 53.4 Å². The van der Waals surface area contributed by atoms with E-state index in [-0.39, 0.29) is 16.9 Å². The molecule has 2 amide bonds. The quantitative estimate of drug-likeness (QED) is 0.430. The number of rotatable bonds is 9. The molecule has 3 aromatic carbocycles. The molecule has 0 fully saturated rings. The van der Waals surface area contributed by atoms with E-state index in [2.05, 4.69) is 22.8 Å². The molecule has 0 radical (unpaired) electrons. The third-order valence-electron chi connectivity index (χ3n) is 5.26. The fourth-order valence-corrected chi connectivity index (χ4v) is 3.61. The lowest BCUT2D eigenvalue weighted by atomic mass is 10.1. The predicted octanol–water partition coefficient (Wildman–Crippen LogP) is 4.92. The summed E-state index contributed by atoms with van der Waals surface area (Å²) in [5, 5.41) is 5.79. The number of nitrogens with one attached hydrogen (secondary N) is 2. The topological polar surface area (TPSA) is 70.7 Å². The highest BCUT2D eigenvalue weighted by Crippen LogP contribution is 2.15. The molecule has 0 heterocycles. The molecular weight excluding hydrogens is 446 g/mol. The highest BCUT2D eigenvalue weighted by atomic mass is 32.1. The molecule has 0 unspecified atom stereocenters. The van der Waals surface area contributed by atoms with E-state index in [0.717, 1.165) is 6.42 Å². The molecule has 0 aliphatic carbocycles. The lowest BCUT2D eigenvalue weighted by molar-refractivity contribution is 0.0772. The molecule has 0 atom stereocenters. The van der Waals surface area contributed by atoms with Gasteiger partial charge in [0.05, 0.1) is 6.61 Å². The van der Waals surface area contributed by atoms with Gasteiger partial charge in [0.15, 0.2) is 5.11 Å². The Labute approximate surface area is 205 Å². The smallest absolute Gasteiger partial charge is 0.257 e. The minimum atomic E-state index is -0.330. The van der Waals surface area contributed by atoms with Gasteiger partial charge in [-0.15, -0.1) is 0 Å². The van der Waals surface area contributed by atoms with Crippen LogP contribution in [0.15, 0.2) is 78.9 Å². The van der Waals surface area contributed by atoms with Gasteiger partial charge in [0.2, 0.25) is 0 Å². The van der Waals surface area contributed by atoms with Crippen molar-refractivity contribution in [1.82, 2.24) is 10.2 Å². The van der Waals surface area contributed by atoms with Gasteiger partial charge in [0.1, 0.15) is 5.75 Å². The van der Waals surface area contributed by atoms with Crippen molar-refractivity contribution in [2.24, 2.45) is 0 Å². The molecule has 0 saturated carbocycles. The first-order valence-corrected chi connectivity index (χ1v) is 11.7.